The van der Waals surface area contributed by atoms with Crippen LogP contribution in [0.15, 0.2) is 18.2 Å². The van der Waals surface area contributed by atoms with Gasteiger partial charge in [-0.15, -0.1) is 0 Å². The van der Waals surface area contributed by atoms with E-state index < -0.39 is 0 Å². The highest BCUT2D eigenvalue weighted by atomic mass is 16.5. The zero-order valence-corrected chi connectivity index (χ0v) is 8.49. The second-order valence-corrected chi connectivity index (χ2v) is 3.59. The molecule has 0 aliphatic heterocycles. The molecule has 0 heterocycles. The lowest BCUT2D eigenvalue weighted by Gasteiger charge is -2.11. The van der Waals surface area contributed by atoms with E-state index in [0.29, 0.717) is 5.92 Å². The zero-order chi connectivity index (χ0) is 10.1. The van der Waals surface area contributed by atoms with Crippen LogP contribution in [-0.4, -0.2) is 20.3 Å². The number of benzene rings is 1. The largest absolute Gasteiger partial charge is 0.493 e. The topological polar surface area (TPSA) is 44.5 Å². The van der Waals surface area contributed by atoms with Crippen LogP contribution >= 0.6 is 0 Å². The summed E-state index contributed by atoms with van der Waals surface area (Å²) in [5, 5.41) is 0. The van der Waals surface area contributed by atoms with E-state index in [1.165, 1.54) is 5.56 Å². The molecule has 1 aromatic carbocycles. The molecule has 1 fully saturated rings. The number of ether oxygens (including phenoxy) is 2. The van der Waals surface area contributed by atoms with Gasteiger partial charge in [-0.3, -0.25) is 0 Å². The Morgan fingerprint density at radius 3 is 2.50 bits per heavy atom. The minimum Gasteiger partial charge on any atom is -0.493 e. The van der Waals surface area contributed by atoms with E-state index in [1.807, 2.05) is 12.1 Å². The quantitative estimate of drug-likeness (QED) is 0.791. The summed E-state index contributed by atoms with van der Waals surface area (Å²) >= 11 is 0. The van der Waals surface area contributed by atoms with Crippen LogP contribution in [0.3, 0.4) is 0 Å². The van der Waals surface area contributed by atoms with Gasteiger partial charge in [0.05, 0.1) is 14.2 Å². The molecular weight excluding hydrogens is 178 g/mol. The van der Waals surface area contributed by atoms with Gasteiger partial charge in [-0.25, -0.2) is 0 Å². The first-order valence-corrected chi connectivity index (χ1v) is 4.74. The molecule has 1 saturated carbocycles. The average Bonchev–Trinajstić information content (AvgIpc) is 2.94. The summed E-state index contributed by atoms with van der Waals surface area (Å²) in [6, 6.07) is 6.22. The van der Waals surface area contributed by atoms with Gasteiger partial charge in [0.15, 0.2) is 11.5 Å². The van der Waals surface area contributed by atoms with Gasteiger partial charge in [0.2, 0.25) is 0 Å². The molecule has 1 aliphatic rings. The maximum Gasteiger partial charge on any atom is 0.164 e. The fourth-order valence-corrected chi connectivity index (χ4v) is 1.78. The third-order valence-corrected chi connectivity index (χ3v) is 2.67. The van der Waals surface area contributed by atoms with Crippen molar-refractivity contribution in [3.8, 4) is 11.5 Å². The van der Waals surface area contributed by atoms with Crippen molar-refractivity contribution in [1.82, 2.24) is 0 Å². The van der Waals surface area contributed by atoms with E-state index in [9.17, 15) is 0 Å². The molecule has 2 atom stereocenters. The standard InChI is InChI=1S/C11H15NO2/c1-13-10-5-3-4-7(11(10)14-2)8-6-9(8)12/h3-5,8-9H,6,12H2,1-2H3. The van der Waals surface area contributed by atoms with Crippen molar-refractivity contribution in [2.75, 3.05) is 14.2 Å². The molecule has 0 aromatic heterocycles. The lowest BCUT2D eigenvalue weighted by molar-refractivity contribution is 0.351. The molecule has 76 valence electrons. The lowest BCUT2D eigenvalue weighted by atomic mass is 10.1. The monoisotopic (exact) mass is 193 g/mol. The zero-order valence-electron chi connectivity index (χ0n) is 8.49. The van der Waals surface area contributed by atoms with Crippen molar-refractivity contribution >= 4 is 0 Å². The molecule has 3 nitrogen and oxygen atoms in total. The van der Waals surface area contributed by atoms with E-state index >= 15 is 0 Å². The van der Waals surface area contributed by atoms with Crippen LogP contribution in [0, 0.1) is 0 Å². The van der Waals surface area contributed by atoms with Crippen molar-refractivity contribution in [1.29, 1.82) is 0 Å². The van der Waals surface area contributed by atoms with Crippen LogP contribution in [0.25, 0.3) is 0 Å². The van der Waals surface area contributed by atoms with E-state index in [2.05, 4.69) is 6.07 Å². The Hall–Kier alpha value is -1.22. The van der Waals surface area contributed by atoms with Crippen LogP contribution in [-0.2, 0) is 0 Å². The van der Waals surface area contributed by atoms with E-state index in [-0.39, 0.29) is 6.04 Å². The van der Waals surface area contributed by atoms with Gasteiger partial charge in [-0.05, 0) is 12.5 Å². The maximum atomic E-state index is 5.82. The van der Waals surface area contributed by atoms with Gasteiger partial charge in [-0.1, -0.05) is 12.1 Å². The Morgan fingerprint density at radius 1 is 1.29 bits per heavy atom. The Morgan fingerprint density at radius 2 is 2.00 bits per heavy atom. The van der Waals surface area contributed by atoms with Gasteiger partial charge in [0.1, 0.15) is 0 Å². The molecule has 0 bridgehead atoms. The van der Waals surface area contributed by atoms with Gasteiger partial charge in [-0.2, -0.15) is 0 Å². The molecule has 2 N–H and O–H groups in total. The second-order valence-electron chi connectivity index (χ2n) is 3.59. The second kappa shape index (κ2) is 3.50. The van der Waals surface area contributed by atoms with Gasteiger partial charge in [0.25, 0.3) is 0 Å². The van der Waals surface area contributed by atoms with Crippen LogP contribution in [0.1, 0.15) is 17.9 Å². The van der Waals surface area contributed by atoms with Crippen molar-refractivity contribution in [3.05, 3.63) is 23.8 Å². The first kappa shape index (κ1) is 9.34. The van der Waals surface area contributed by atoms with Crippen LogP contribution in [0.5, 0.6) is 11.5 Å². The van der Waals surface area contributed by atoms with Crippen molar-refractivity contribution < 1.29 is 9.47 Å². The normalized spacial score (nSPS) is 24.5. The summed E-state index contributed by atoms with van der Waals surface area (Å²) in [7, 11) is 3.31. The van der Waals surface area contributed by atoms with Crippen LogP contribution in [0.2, 0.25) is 0 Å². The summed E-state index contributed by atoms with van der Waals surface area (Å²) < 4.78 is 10.6. The minimum atomic E-state index is 0.288. The molecular formula is C11H15NO2. The molecule has 0 spiro atoms. The number of rotatable bonds is 3. The molecule has 0 amide bonds. The smallest absolute Gasteiger partial charge is 0.164 e. The van der Waals surface area contributed by atoms with Gasteiger partial charge >= 0.3 is 0 Å². The SMILES string of the molecule is COc1cccc(C2CC2N)c1OC. The Labute approximate surface area is 83.8 Å². The minimum absolute atomic E-state index is 0.288. The number of methoxy groups -OCH3 is 2. The summed E-state index contributed by atoms with van der Waals surface area (Å²) in [6.45, 7) is 0. The fourth-order valence-electron chi connectivity index (χ4n) is 1.78. The average molecular weight is 193 g/mol. The number of hydrogen-bond acceptors (Lipinski definition) is 3. The van der Waals surface area contributed by atoms with E-state index in [0.717, 1.165) is 17.9 Å². The Kier molecular flexibility index (Phi) is 2.33. The Balaban J connectivity index is 2.38. The molecule has 14 heavy (non-hydrogen) atoms. The summed E-state index contributed by atoms with van der Waals surface area (Å²) in [6.07, 6.45) is 1.05. The molecule has 0 radical (unpaired) electrons. The van der Waals surface area contributed by atoms with Crippen molar-refractivity contribution in [2.24, 2.45) is 5.73 Å². The van der Waals surface area contributed by atoms with E-state index in [4.69, 9.17) is 15.2 Å². The van der Waals surface area contributed by atoms with Crippen molar-refractivity contribution in [2.45, 2.75) is 18.4 Å². The maximum absolute atomic E-state index is 5.82. The van der Waals surface area contributed by atoms with Gasteiger partial charge in [0, 0.05) is 17.5 Å². The fraction of sp³-hybridized carbons (Fsp3) is 0.455. The lowest BCUT2D eigenvalue weighted by Crippen LogP contribution is -2.02. The molecule has 3 heteroatoms. The number of hydrogen-bond donors (Lipinski definition) is 1. The number of nitrogens with two attached hydrogens (primary N) is 1. The van der Waals surface area contributed by atoms with Gasteiger partial charge < -0.3 is 15.2 Å². The molecule has 0 saturated heterocycles. The first-order valence-electron chi connectivity index (χ1n) is 4.74. The van der Waals surface area contributed by atoms with Crippen LogP contribution in [0.4, 0.5) is 0 Å². The third-order valence-electron chi connectivity index (χ3n) is 2.67. The summed E-state index contributed by atoms with van der Waals surface area (Å²) in [5.41, 5.74) is 6.98. The summed E-state index contributed by atoms with van der Waals surface area (Å²) in [4.78, 5) is 0. The summed E-state index contributed by atoms with van der Waals surface area (Å²) in [5.74, 6) is 2.05. The molecule has 1 aliphatic carbocycles. The van der Waals surface area contributed by atoms with Crippen molar-refractivity contribution in [3.63, 3.8) is 0 Å². The van der Waals surface area contributed by atoms with E-state index in [1.54, 1.807) is 14.2 Å². The molecule has 2 rings (SSSR count). The molecule has 1 aromatic rings. The first-order chi connectivity index (χ1) is 6.77. The highest BCUT2D eigenvalue weighted by molar-refractivity contribution is 5.50. The Bertz CT molecular complexity index is 338. The van der Waals surface area contributed by atoms with Crippen LogP contribution < -0.4 is 15.2 Å². The highest BCUT2D eigenvalue weighted by Crippen LogP contribution is 2.46. The molecule has 2 unspecified atom stereocenters. The predicted octanol–water partition coefficient (Wildman–Crippen LogP) is 1.52. The number of para-hydroxylation sites is 1. The third kappa shape index (κ3) is 1.44. The highest BCUT2D eigenvalue weighted by Gasteiger charge is 2.37. The predicted molar refractivity (Wildman–Crippen MR) is 54.9 cm³/mol.